The Morgan fingerprint density at radius 3 is 2.62 bits per heavy atom. The van der Waals surface area contributed by atoms with Crippen LogP contribution < -0.4 is 10.6 Å². The monoisotopic (exact) mass is 410 g/mol. The normalized spacial score (nSPS) is 10.2. The van der Waals surface area contributed by atoms with E-state index < -0.39 is 0 Å². The van der Waals surface area contributed by atoms with E-state index in [9.17, 15) is 14.4 Å². The van der Waals surface area contributed by atoms with Gasteiger partial charge in [0.15, 0.2) is 5.13 Å². The summed E-state index contributed by atoms with van der Waals surface area (Å²) < 4.78 is 4.88. The maximum Gasteiger partial charge on any atom is 0.311 e. The van der Waals surface area contributed by atoms with Crippen LogP contribution in [-0.4, -0.2) is 34.4 Å². The van der Waals surface area contributed by atoms with E-state index in [1.807, 2.05) is 0 Å². The summed E-state index contributed by atoms with van der Waals surface area (Å²) in [7, 11) is 0. The second-order valence-corrected chi connectivity index (χ2v) is 6.71. The van der Waals surface area contributed by atoms with Crippen LogP contribution in [0.3, 0.4) is 0 Å². The molecular weight excluding hydrogens is 392 g/mol. The summed E-state index contributed by atoms with van der Waals surface area (Å²) in [4.78, 5) is 44.4. The number of carbonyl (C=O) groups excluding carboxylic acids is 3. The summed E-state index contributed by atoms with van der Waals surface area (Å²) in [6, 6.07) is 9.87. The number of nitrogens with zero attached hydrogens (tertiary/aromatic N) is 2. The second kappa shape index (κ2) is 9.56. The van der Waals surface area contributed by atoms with Gasteiger partial charge in [0.1, 0.15) is 0 Å². The molecule has 0 atom stereocenters. The van der Waals surface area contributed by atoms with Crippen molar-refractivity contribution < 1.29 is 19.1 Å². The van der Waals surface area contributed by atoms with Crippen molar-refractivity contribution in [2.45, 2.75) is 13.3 Å². The van der Waals surface area contributed by atoms with Crippen molar-refractivity contribution in [1.82, 2.24) is 9.97 Å². The number of carbonyl (C=O) groups is 3. The van der Waals surface area contributed by atoms with Gasteiger partial charge in [0.25, 0.3) is 11.8 Å². The molecule has 3 rings (SSSR count). The summed E-state index contributed by atoms with van der Waals surface area (Å²) in [5.74, 6) is -1.06. The average molecular weight is 410 g/mol. The molecule has 148 valence electrons. The van der Waals surface area contributed by atoms with Gasteiger partial charge in [-0.05, 0) is 37.3 Å². The highest BCUT2D eigenvalue weighted by Gasteiger charge is 2.13. The maximum absolute atomic E-state index is 12.5. The second-order valence-electron chi connectivity index (χ2n) is 5.86. The Morgan fingerprint density at radius 1 is 1.07 bits per heavy atom. The van der Waals surface area contributed by atoms with Gasteiger partial charge in [-0.2, -0.15) is 0 Å². The standard InChI is InChI=1S/C20H18N4O4S/c1-2-28-17(25)10-16-12-29-20(23-16)24-18(26)13-5-3-7-15(9-13)22-19(27)14-6-4-8-21-11-14/h3-9,11-12H,2,10H2,1H3,(H,22,27)(H,23,24,26). The van der Waals surface area contributed by atoms with E-state index in [1.54, 1.807) is 54.9 Å². The third-order valence-electron chi connectivity index (χ3n) is 3.71. The summed E-state index contributed by atoms with van der Waals surface area (Å²) in [6.45, 7) is 2.04. The number of aromatic nitrogens is 2. The van der Waals surface area contributed by atoms with Gasteiger partial charge in [-0.1, -0.05) is 6.07 Å². The lowest BCUT2D eigenvalue weighted by Crippen LogP contribution is -2.15. The van der Waals surface area contributed by atoms with Crippen LogP contribution in [-0.2, 0) is 16.0 Å². The predicted octanol–water partition coefficient (Wildman–Crippen LogP) is 3.15. The first-order chi connectivity index (χ1) is 14.0. The highest BCUT2D eigenvalue weighted by atomic mass is 32.1. The molecule has 2 aromatic heterocycles. The molecule has 0 spiro atoms. The number of esters is 1. The number of benzene rings is 1. The third kappa shape index (κ3) is 5.69. The van der Waals surface area contributed by atoms with Crippen LogP contribution >= 0.6 is 11.3 Å². The molecule has 0 unspecified atom stereocenters. The van der Waals surface area contributed by atoms with Crippen LogP contribution in [0.1, 0.15) is 33.3 Å². The predicted molar refractivity (Wildman–Crippen MR) is 109 cm³/mol. The minimum atomic E-state index is -0.375. The number of anilines is 2. The van der Waals surface area contributed by atoms with Crippen LogP contribution in [0, 0.1) is 0 Å². The number of hydrogen-bond acceptors (Lipinski definition) is 7. The number of pyridine rings is 1. The topological polar surface area (TPSA) is 110 Å². The molecule has 2 heterocycles. The quantitative estimate of drug-likeness (QED) is 0.579. The Morgan fingerprint density at radius 2 is 1.86 bits per heavy atom. The Balaban J connectivity index is 1.63. The maximum atomic E-state index is 12.5. The van der Waals surface area contributed by atoms with Crippen molar-refractivity contribution in [2.24, 2.45) is 0 Å². The molecule has 0 aliphatic carbocycles. The van der Waals surface area contributed by atoms with Gasteiger partial charge in [0, 0.05) is 29.0 Å². The zero-order valence-corrected chi connectivity index (χ0v) is 16.4. The Labute approximate surface area is 171 Å². The van der Waals surface area contributed by atoms with Crippen LogP contribution in [0.4, 0.5) is 10.8 Å². The lowest BCUT2D eigenvalue weighted by Gasteiger charge is -2.07. The number of rotatable bonds is 7. The first-order valence-electron chi connectivity index (χ1n) is 8.78. The van der Waals surface area contributed by atoms with Crippen LogP contribution in [0.15, 0.2) is 54.2 Å². The lowest BCUT2D eigenvalue weighted by molar-refractivity contribution is -0.142. The fourth-order valence-corrected chi connectivity index (χ4v) is 3.12. The van der Waals surface area contributed by atoms with Crippen LogP contribution in [0.2, 0.25) is 0 Å². The van der Waals surface area contributed by atoms with Crippen molar-refractivity contribution in [1.29, 1.82) is 0 Å². The minimum absolute atomic E-state index is 0.0517. The number of thiazole rings is 1. The van der Waals surface area contributed by atoms with E-state index in [2.05, 4.69) is 20.6 Å². The van der Waals surface area contributed by atoms with E-state index in [0.29, 0.717) is 34.2 Å². The van der Waals surface area contributed by atoms with Crippen LogP contribution in [0.5, 0.6) is 0 Å². The van der Waals surface area contributed by atoms with Gasteiger partial charge >= 0.3 is 5.97 Å². The molecule has 0 saturated carbocycles. The van der Waals surface area contributed by atoms with Gasteiger partial charge < -0.3 is 10.1 Å². The fourth-order valence-electron chi connectivity index (χ4n) is 2.41. The molecule has 29 heavy (non-hydrogen) atoms. The summed E-state index contributed by atoms with van der Waals surface area (Å²) >= 11 is 1.22. The molecule has 1 aromatic carbocycles. The average Bonchev–Trinajstić information content (AvgIpc) is 3.15. The minimum Gasteiger partial charge on any atom is -0.466 e. The summed E-state index contributed by atoms with van der Waals surface area (Å²) in [5.41, 5.74) is 1.78. The molecule has 8 nitrogen and oxygen atoms in total. The van der Waals surface area contributed by atoms with Gasteiger partial charge in [0.05, 0.1) is 24.3 Å². The molecule has 2 N–H and O–H groups in total. The first kappa shape index (κ1) is 20.2. The number of ether oxygens (including phenoxy) is 1. The lowest BCUT2D eigenvalue weighted by atomic mass is 10.2. The largest absolute Gasteiger partial charge is 0.466 e. The van der Waals surface area contributed by atoms with E-state index in [0.717, 1.165) is 0 Å². The van der Waals surface area contributed by atoms with Gasteiger partial charge in [0.2, 0.25) is 0 Å². The Kier molecular flexibility index (Phi) is 6.64. The van der Waals surface area contributed by atoms with Gasteiger partial charge in [-0.3, -0.25) is 24.7 Å². The molecular formula is C20H18N4O4S. The third-order valence-corrected chi connectivity index (χ3v) is 4.52. The van der Waals surface area contributed by atoms with Gasteiger partial charge in [-0.15, -0.1) is 11.3 Å². The molecule has 0 aliphatic rings. The van der Waals surface area contributed by atoms with E-state index >= 15 is 0 Å². The first-order valence-corrected chi connectivity index (χ1v) is 9.66. The van der Waals surface area contributed by atoms with E-state index in [-0.39, 0.29) is 24.2 Å². The highest BCUT2D eigenvalue weighted by Crippen LogP contribution is 2.18. The highest BCUT2D eigenvalue weighted by molar-refractivity contribution is 7.14. The zero-order valence-electron chi connectivity index (χ0n) is 15.5. The molecule has 9 heteroatoms. The van der Waals surface area contributed by atoms with E-state index in [4.69, 9.17) is 4.74 Å². The number of hydrogen-bond donors (Lipinski definition) is 2. The van der Waals surface area contributed by atoms with Gasteiger partial charge in [-0.25, -0.2) is 4.98 Å². The smallest absolute Gasteiger partial charge is 0.311 e. The molecule has 2 amide bonds. The Hall–Kier alpha value is -3.59. The van der Waals surface area contributed by atoms with Crippen molar-refractivity contribution in [3.63, 3.8) is 0 Å². The molecule has 0 aliphatic heterocycles. The fraction of sp³-hybridized carbons (Fsp3) is 0.150. The number of nitrogens with one attached hydrogen (secondary N) is 2. The molecule has 3 aromatic rings. The summed E-state index contributed by atoms with van der Waals surface area (Å²) in [5, 5.41) is 7.49. The summed E-state index contributed by atoms with van der Waals surface area (Å²) in [6.07, 6.45) is 3.09. The van der Waals surface area contributed by atoms with E-state index in [1.165, 1.54) is 17.5 Å². The molecule has 0 radical (unpaired) electrons. The van der Waals surface area contributed by atoms with Crippen molar-refractivity contribution in [3.8, 4) is 0 Å². The van der Waals surface area contributed by atoms with Crippen molar-refractivity contribution in [3.05, 3.63) is 71.0 Å². The molecule has 0 fully saturated rings. The SMILES string of the molecule is CCOC(=O)Cc1csc(NC(=O)c2cccc(NC(=O)c3cccnc3)c2)n1. The number of amides is 2. The Bertz CT molecular complexity index is 1020. The van der Waals surface area contributed by atoms with Crippen LogP contribution in [0.25, 0.3) is 0 Å². The molecule has 0 saturated heterocycles. The molecule has 0 bridgehead atoms. The van der Waals surface area contributed by atoms with Crippen molar-refractivity contribution in [2.75, 3.05) is 17.2 Å². The zero-order chi connectivity index (χ0) is 20.6. The van der Waals surface area contributed by atoms with Crippen molar-refractivity contribution >= 4 is 39.9 Å².